The highest BCUT2D eigenvalue weighted by Gasteiger charge is 2.37. The number of hydrogen-bond donors (Lipinski definition) is 1. The summed E-state index contributed by atoms with van der Waals surface area (Å²) in [6, 6.07) is 4.79. The number of hydrazone groups is 1. The Labute approximate surface area is 154 Å². The lowest BCUT2D eigenvalue weighted by molar-refractivity contribution is -0.133. The van der Waals surface area contributed by atoms with E-state index in [0.29, 0.717) is 5.69 Å². The molecule has 0 aromatic heterocycles. The lowest BCUT2D eigenvalue weighted by Crippen LogP contribution is -2.42. The summed E-state index contributed by atoms with van der Waals surface area (Å²) in [6.45, 7) is -2.94. The van der Waals surface area contributed by atoms with Crippen molar-refractivity contribution in [2.75, 3.05) is 16.8 Å². The van der Waals surface area contributed by atoms with Crippen LogP contribution in [0.5, 0.6) is 5.75 Å². The molecule has 1 atom stereocenters. The van der Waals surface area contributed by atoms with Gasteiger partial charge in [0.2, 0.25) is 5.91 Å². The first-order valence-electron chi connectivity index (χ1n) is 8.20. The van der Waals surface area contributed by atoms with E-state index in [9.17, 15) is 26.8 Å². The van der Waals surface area contributed by atoms with Crippen molar-refractivity contribution >= 4 is 33.1 Å². The van der Waals surface area contributed by atoms with Crippen molar-refractivity contribution in [1.29, 1.82) is 0 Å². The van der Waals surface area contributed by atoms with Gasteiger partial charge in [0.1, 0.15) is 11.5 Å². The maximum Gasteiger partial charge on any atom is 0.387 e. The van der Waals surface area contributed by atoms with Gasteiger partial charge in [-0.3, -0.25) is 9.59 Å². The first-order chi connectivity index (χ1) is 12.7. The molecule has 3 rings (SSSR count). The standard InChI is InChI=1S/C16H17F2N3O5S/c17-16(18)26-12-3-1-10(2-4-12)19-15(23)13-5-6-14(22)21(20-13)11-7-8-27(24,25)9-11/h1-4,11,16H,5-9H2,(H,19,23)/t11-/m1/s1. The molecular formula is C16H17F2N3O5S. The monoisotopic (exact) mass is 401 g/mol. The van der Waals surface area contributed by atoms with E-state index in [4.69, 9.17) is 0 Å². The molecule has 2 aliphatic rings. The van der Waals surface area contributed by atoms with Crippen LogP contribution in [0.25, 0.3) is 0 Å². The smallest absolute Gasteiger partial charge is 0.387 e. The Morgan fingerprint density at radius 2 is 1.96 bits per heavy atom. The highest BCUT2D eigenvalue weighted by atomic mass is 32.2. The van der Waals surface area contributed by atoms with Gasteiger partial charge in [0.05, 0.1) is 17.5 Å². The fourth-order valence-electron chi connectivity index (χ4n) is 2.91. The van der Waals surface area contributed by atoms with Crippen LogP contribution in [0.2, 0.25) is 0 Å². The number of rotatable bonds is 5. The van der Waals surface area contributed by atoms with Gasteiger partial charge in [0, 0.05) is 18.5 Å². The number of carbonyl (C=O) groups is 2. The zero-order valence-electron chi connectivity index (χ0n) is 14.1. The molecule has 11 heteroatoms. The maximum absolute atomic E-state index is 12.4. The molecule has 8 nitrogen and oxygen atoms in total. The number of benzene rings is 1. The lowest BCUT2D eigenvalue weighted by atomic mass is 10.1. The molecule has 1 aromatic carbocycles. The predicted octanol–water partition coefficient (Wildman–Crippen LogP) is 1.39. The quantitative estimate of drug-likeness (QED) is 0.803. The molecule has 0 aliphatic carbocycles. The molecule has 2 heterocycles. The number of halogens is 2. The molecule has 1 fully saturated rings. The first-order valence-corrected chi connectivity index (χ1v) is 10.0. The van der Waals surface area contributed by atoms with E-state index in [-0.39, 0.29) is 48.1 Å². The largest absolute Gasteiger partial charge is 0.435 e. The zero-order valence-corrected chi connectivity index (χ0v) is 14.9. The number of nitrogens with zero attached hydrogens (tertiary/aromatic N) is 2. The molecule has 2 aliphatic heterocycles. The summed E-state index contributed by atoms with van der Waals surface area (Å²) in [7, 11) is -3.20. The van der Waals surface area contributed by atoms with Crippen LogP contribution in [-0.2, 0) is 19.4 Å². The number of hydrogen-bond acceptors (Lipinski definition) is 6. The van der Waals surface area contributed by atoms with E-state index in [2.05, 4.69) is 15.2 Å². The number of carbonyl (C=O) groups excluding carboxylic acids is 2. The van der Waals surface area contributed by atoms with Gasteiger partial charge in [-0.05, 0) is 30.7 Å². The van der Waals surface area contributed by atoms with Crippen LogP contribution < -0.4 is 10.1 Å². The van der Waals surface area contributed by atoms with Gasteiger partial charge in [-0.25, -0.2) is 13.4 Å². The molecular weight excluding hydrogens is 384 g/mol. The minimum atomic E-state index is -3.20. The van der Waals surface area contributed by atoms with E-state index in [1.54, 1.807) is 0 Å². The highest BCUT2D eigenvalue weighted by Crippen LogP contribution is 2.23. The summed E-state index contributed by atoms with van der Waals surface area (Å²) >= 11 is 0. The average molecular weight is 401 g/mol. The Kier molecular flexibility index (Phi) is 5.40. The molecule has 0 unspecified atom stereocenters. The molecule has 146 valence electrons. The number of alkyl halides is 2. The van der Waals surface area contributed by atoms with Gasteiger partial charge in [0.25, 0.3) is 5.91 Å². The van der Waals surface area contributed by atoms with E-state index < -0.39 is 28.4 Å². The van der Waals surface area contributed by atoms with Crippen LogP contribution in [0.4, 0.5) is 14.5 Å². The molecule has 0 bridgehead atoms. The van der Waals surface area contributed by atoms with Crippen LogP contribution in [0.1, 0.15) is 19.3 Å². The summed E-state index contributed by atoms with van der Waals surface area (Å²) < 4.78 is 51.7. The van der Waals surface area contributed by atoms with Crippen molar-refractivity contribution < 1.29 is 31.5 Å². The summed E-state index contributed by atoms with van der Waals surface area (Å²) in [5.74, 6) is -1.08. The molecule has 0 radical (unpaired) electrons. The Morgan fingerprint density at radius 1 is 1.26 bits per heavy atom. The lowest BCUT2D eigenvalue weighted by Gasteiger charge is -2.27. The third-order valence-electron chi connectivity index (χ3n) is 4.21. The van der Waals surface area contributed by atoms with E-state index in [1.807, 2.05) is 0 Å². The second kappa shape index (κ2) is 7.59. The van der Waals surface area contributed by atoms with Crippen molar-refractivity contribution in [1.82, 2.24) is 5.01 Å². The summed E-state index contributed by atoms with van der Waals surface area (Å²) in [5, 5.41) is 7.73. The Hall–Kier alpha value is -2.56. The minimum Gasteiger partial charge on any atom is -0.435 e. The second-order valence-corrected chi connectivity index (χ2v) is 8.43. The fourth-order valence-corrected chi connectivity index (χ4v) is 4.60. The van der Waals surface area contributed by atoms with E-state index >= 15 is 0 Å². The average Bonchev–Trinajstić information content (AvgIpc) is 2.96. The molecule has 0 spiro atoms. The Bertz CT molecular complexity index is 871. The number of sulfone groups is 1. The summed E-state index contributed by atoms with van der Waals surface area (Å²) in [6.07, 6.45) is 0.481. The summed E-state index contributed by atoms with van der Waals surface area (Å²) in [4.78, 5) is 24.4. The van der Waals surface area contributed by atoms with Gasteiger partial charge >= 0.3 is 6.61 Å². The van der Waals surface area contributed by atoms with Crippen LogP contribution in [0, 0.1) is 0 Å². The fraction of sp³-hybridized carbons (Fsp3) is 0.438. The van der Waals surface area contributed by atoms with Crippen molar-refractivity contribution in [2.24, 2.45) is 5.10 Å². The van der Waals surface area contributed by atoms with Crippen molar-refractivity contribution in [3.05, 3.63) is 24.3 Å². The van der Waals surface area contributed by atoms with Gasteiger partial charge < -0.3 is 10.1 Å². The molecule has 0 saturated carbocycles. The molecule has 1 N–H and O–H groups in total. The third-order valence-corrected chi connectivity index (χ3v) is 5.96. The molecule has 1 saturated heterocycles. The normalized spacial score (nSPS) is 21.9. The SMILES string of the molecule is O=C(Nc1ccc(OC(F)F)cc1)C1=NN([C@@H]2CCS(=O)(=O)C2)C(=O)CC1. The van der Waals surface area contributed by atoms with Gasteiger partial charge in [0.15, 0.2) is 9.84 Å². The van der Waals surface area contributed by atoms with Crippen molar-refractivity contribution in [2.45, 2.75) is 31.9 Å². The van der Waals surface area contributed by atoms with Gasteiger partial charge in [-0.15, -0.1) is 0 Å². The van der Waals surface area contributed by atoms with Crippen LogP contribution in [-0.4, -0.2) is 55.1 Å². The number of nitrogens with one attached hydrogen (secondary N) is 1. The van der Waals surface area contributed by atoms with Crippen molar-refractivity contribution in [3.63, 3.8) is 0 Å². The minimum absolute atomic E-state index is 0.00840. The number of amides is 2. The van der Waals surface area contributed by atoms with Gasteiger partial charge in [-0.1, -0.05) is 0 Å². The third kappa shape index (κ3) is 4.79. The Balaban J connectivity index is 1.68. The van der Waals surface area contributed by atoms with Crippen LogP contribution >= 0.6 is 0 Å². The topological polar surface area (TPSA) is 105 Å². The first kappa shape index (κ1) is 19.2. The van der Waals surface area contributed by atoms with Crippen molar-refractivity contribution in [3.8, 4) is 5.75 Å². The Morgan fingerprint density at radius 3 is 2.56 bits per heavy atom. The number of anilines is 1. The van der Waals surface area contributed by atoms with Gasteiger partial charge in [-0.2, -0.15) is 13.9 Å². The van der Waals surface area contributed by atoms with Crippen LogP contribution in [0.15, 0.2) is 29.4 Å². The van der Waals surface area contributed by atoms with E-state index in [1.165, 1.54) is 24.3 Å². The second-order valence-electron chi connectivity index (χ2n) is 6.20. The maximum atomic E-state index is 12.4. The highest BCUT2D eigenvalue weighted by molar-refractivity contribution is 7.91. The number of ether oxygens (including phenoxy) is 1. The van der Waals surface area contributed by atoms with E-state index in [0.717, 1.165) is 5.01 Å². The predicted molar refractivity (Wildman–Crippen MR) is 92.3 cm³/mol. The molecule has 27 heavy (non-hydrogen) atoms. The molecule has 1 aromatic rings. The summed E-state index contributed by atoms with van der Waals surface area (Å²) in [5.41, 5.74) is 0.447. The zero-order chi connectivity index (χ0) is 19.6. The molecule has 2 amide bonds. The van der Waals surface area contributed by atoms with Crippen LogP contribution in [0.3, 0.4) is 0 Å².